The molecule has 4 heterocycles. The van der Waals surface area contributed by atoms with Gasteiger partial charge in [-0.15, -0.1) is 12.0 Å². The minimum Gasteiger partial charge on any atom is -0.383 e. The molecule has 1 atom stereocenters. The third kappa shape index (κ3) is 5.61. The van der Waals surface area contributed by atoms with E-state index in [1.807, 2.05) is 0 Å². The van der Waals surface area contributed by atoms with Gasteiger partial charge >= 0.3 is 6.18 Å². The van der Waals surface area contributed by atoms with Gasteiger partial charge < -0.3 is 20.8 Å². The number of anilines is 2. The standard InChI is InChI=1S/C30H30F4N8O/c1-6-18-12-36-26-19(11-35)9-20(10-22(26)25(18)37-14-28(3,4)5)39-27(21-7-8-24(31)38-17(21)2)23-13-42(41-40-23)29(15-43-16-29)30(32,33)34/h1,7-10,12-13,27,39-41H,14-16H2,2-5H3,(H,36,37)/t27-/m0/s1. The molecule has 1 fully saturated rings. The van der Waals surface area contributed by atoms with E-state index in [1.54, 1.807) is 19.1 Å². The van der Waals surface area contributed by atoms with E-state index in [1.165, 1.54) is 24.5 Å². The number of halogens is 4. The van der Waals surface area contributed by atoms with Gasteiger partial charge in [-0.3, -0.25) is 9.99 Å². The number of benzene rings is 1. The van der Waals surface area contributed by atoms with Crippen LogP contribution in [0.5, 0.6) is 0 Å². The monoisotopic (exact) mass is 594 g/mol. The quantitative estimate of drug-likeness (QED) is 0.170. The first-order valence-electron chi connectivity index (χ1n) is 13.4. The summed E-state index contributed by atoms with van der Waals surface area (Å²) in [7, 11) is 0. The van der Waals surface area contributed by atoms with E-state index in [-0.39, 0.29) is 11.0 Å². The maximum absolute atomic E-state index is 14.0. The van der Waals surface area contributed by atoms with Crippen molar-refractivity contribution in [2.75, 3.05) is 30.4 Å². The summed E-state index contributed by atoms with van der Waals surface area (Å²) in [5.74, 6) is 1.94. The van der Waals surface area contributed by atoms with Crippen molar-refractivity contribution in [3.8, 4) is 18.4 Å². The number of nitriles is 1. The topological polar surface area (TPSA) is 110 Å². The zero-order chi connectivity index (χ0) is 31.2. The smallest absolute Gasteiger partial charge is 0.383 e. The van der Waals surface area contributed by atoms with Crippen LogP contribution in [-0.4, -0.2) is 46.5 Å². The van der Waals surface area contributed by atoms with Crippen LogP contribution < -0.4 is 21.6 Å². The maximum atomic E-state index is 14.0. The number of aryl methyl sites for hydroxylation is 1. The van der Waals surface area contributed by atoms with Crippen molar-refractivity contribution in [2.45, 2.75) is 45.5 Å². The van der Waals surface area contributed by atoms with E-state index >= 15 is 0 Å². The normalized spacial score (nSPS) is 16.9. The van der Waals surface area contributed by atoms with Crippen LogP contribution in [-0.2, 0) is 4.74 Å². The largest absolute Gasteiger partial charge is 0.417 e. The van der Waals surface area contributed by atoms with Crippen molar-refractivity contribution in [1.82, 2.24) is 25.9 Å². The van der Waals surface area contributed by atoms with Crippen molar-refractivity contribution < 1.29 is 22.3 Å². The molecule has 0 bridgehead atoms. The van der Waals surface area contributed by atoms with Gasteiger partial charge in [-0.1, -0.05) is 32.8 Å². The fourth-order valence-electron chi connectivity index (χ4n) is 4.90. The van der Waals surface area contributed by atoms with E-state index in [0.29, 0.717) is 51.3 Å². The number of pyridine rings is 2. The summed E-state index contributed by atoms with van der Waals surface area (Å²) < 4.78 is 61.0. The molecular weight excluding hydrogens is 564 g/mol. The predicted octanol–water partition coefficient (Wildman–Crippen LogP) is 5.04. The van der Waals surface area contributed by atoms with Crippen LogP contribution in [0.25, 0.3) is 10.9 Å². The minimum absolute atomic E-state index is 0.0909. The second-order valence-corrected chi connectivity index (χ2v) is 11.7. The van der Waals surface area contributed by atoms with Crippen molar-refractivity contribution in [2.24, 2.45) is 5.41 Å². The zero-order valence-electron chi connectivity index (χ0n) is 23.9. The second-order valence-electron chi connectivity index (χ2n) is 11.7. The molecule has 1 saturated heterocycles. The van der Waals surface area contributed by atoms with Gasteiger partial charge in [0.15, 0.2) is 5.54 Å². The molecular formula is C30H30F4N8O. The average Bonchev–Trinajstić information content (AvgIpc) is 3.37. The number of hydrazine groups is 2. The lowest BCUT2D eigenvalue weighted by Crippen LogP contribution is -2.71. The predicted molar refractivity (Wildman–Crippen MR) is 153 cm³/mol. The Kier molecular flexibility index (Phi) is 7.59. The fraction of sp³-hybridized carbons (Fsp3) is 0.367. The summed E-state index contributed by atoms with van der Waals surface area (Å²) >= 11 is 0. The lowest BCUT2D eigenvalue weighted by molar-refractivity contribution is -0.305. The van der Waals surface area contributed by atoms with Gasteiger partial charge in [0.25, 0.3) is 0 Å². The molecule has 2 aliphatic rings. The molecule has 5 rings (SSSR count). The summed E-state index contributed by atoms with van der Waals surface area (Å²) in [6.45, 7) is 7.28. The maximum Gasteiger partial charge on any atom is 0.417 e. The van der Waals surface area contributed by atoms with Crippen molar-refractivity contribution in [1.29, 1.82) is 5.26 Å². The molecule has 2 aliphatic heterocycles. The molecule has 0 saturated carbocycles. The van der Waals surface area contributed by atoms with E-state index < -0.39 is 36.9 Å². The molecule has 0 unspecified atom stereocenters. The molecule has 1 aromatic carbocycles. The summed E-state index contributed by atoms with van der Waals surface area (Å²) in [5, 5.41) is 18.3. The van der Waals surface area contributed by atoms with Crippen molar-refractivity contribution in [3.63, 3.8) is 0 Å². The Morgan fingerprint density at radius 2 is 1.95 bits per heavy atom. The van der Waals surface area contributed by atoms with Gasteiger partial charge in [-0.2, -0.15) is 22.8 Å². The molecule has 9 nitrogen and oxygen atoms in total. The summed E-state index contributed by atoms with van der Waals surface area (Å²) in [6.07, 6.45) is 4.04. The average molecular weight is 595 g/mol. The van der Waals surface area contributed by atoms with Gasteiger partial charge in [0.1, 0.15) is 6.07 Å². The molecule has 0 spiro atoms. The lowest BCUT2D eigenvalue weighted by Gasteiger charge is -2.47. The van der Waals surface area contributed by atoms with Gasteiger partial charge in [0, 0.05) is 41.3 Å². The van der Waals surface area contributed by atoms with Crippen LogP contribution in [0.2, 0.25) is 0 Å². The van der Waals surface area contributed by atoms with E-state index in [4.69, 9.17) is 11.2 Å². The molecule has 43 heavy (non-hydrogen) atoms. The zero-order valence-corrected chi connectivity index (χ0v) is 23.9. The number of terminal acetylenes is 1. The van der Waals surface area contributed by atoms with Gasteiger partial charge in [-0.05, 0) is 30.5 Å². The van der Waals surface area contributed by atoms with Crippen LogP contribution in [0.4, 0.5) is 28.9 Å². The van der Waals surface area contributed by atoms with Crippen molar-refractivity contribution >= 4 is 22.3 Å². The Morgan fingerprint density at radius 1 is 1.21 bits per heavy atom. The number of hydrogen-bond donors (Lipinski definition) is 4. The molecule has 0 aliphatic carbocycles. The fourth-order valence-corrected chi connectivity index (χ4v) is 4.90. The highest BCUT2D eigenvalue weighted by Crippen LogP contribution is 2.42. The van der Waals surface area contributed by atoms with E-state index in [2.05, 4.69) is 64.3 Å². The number of alkyl halides is 3. The minimum atomic E-state index is -4.58. The number of rotatable bonds is 7. The number of fused-ring (bicyclic) bond motifs is 1. The summed E-state index contributed by atoms with van der Waals surface area (Å²) in [6, 6.07) is 7.38. The van der Waals surface area contributed by atoms with Crippen LogP contribution in [0.15, 0.2) is 42.4 Å². The molecule has 2 aromatic heterocycles. The Labute approximate surface area is 246 Å². The molecule has 13 heteroatoms. The van der Waals surface area contributed by atoms with Crippen LogP contribution in [0.3, 0.4) is 0 Å². The Morgan fingerprint density at radius 3 is 2.53 bits per heavy atom. The number of nitrogens with one attached hydrogen (secondary N) is 4. The van der Waals surface area contributed by atoms with Crippen LogP contribution >= 0.6 is 0 Å². The first-order valence-corrected chi connectivity index (χ1v) is 13.4. The van der Waals surface area contributed by atoms with Gasteiger partial charge in [0.05, 0.1) is 47.3 Å². The molecule has 224 valence electrons. The highest BCUT2D eigenvalue weighted by atomic mass is 19.4. The van der Waals surface area contributed by atoms with Crippen LogP contribution in [0, 0.1) is 42.0 Å². The number of nitrogens with zero attached hydrogens (tertiary/aromatic N) is 4. The van der Waals surface area contributed by atoms with E-state index in [9.17, 15) is 22.8 Å². The second kappa shape index (κ2) is 10.9. The van der Waals surface area contributed by atoms with E-state index in [0.717, 1.165) is 5.01 Å². The Bertz CT molecular complexity index is 1680. The lowest BCUT2D eigenvalue weighted by atomic mass is 9.95. The summed E-state index contributed by atoms with van der Waals surface area (Å²) in [4.78, 5) is 8.36. The Hall–Kier alpha value is -4.59. The molecule has 4 N–H and O–H groups in total. The van der Waals surface area contributed by atoms with Crippen LogP contribution in [0.1, 0.15) is 49.2 Å². The Balaban J connectivity index is 1.62. The number of ether oxygens (including phenoxy) is 1. The third-order valence-corrected chi connectivity index (χ3v) is 7.33. The molecule has 3 aromatic rings. The number of aromatic nitrogens is 2. The number of hydrogen-bond acceptors (Lipinski definition) is 9. The SMILES string of the molecule is C#Cc1cnc2c(C#N)cc(N[C@H](C3=CN(C4(C(F)(F)F)COC4)NN3)c3ccc(F)nc3C)cc2c1NCC(C)(C)C. The molecule has 0 radical (unpaired) electrons. The first-order chi connectivity index (χ1) is 20.3. The highest BCUT2D eigenvalue weighted by Gasteiger charge is 2.64. The molecule has 0 amide bonds. The summed E-state index contributed by atoms with van der Waals surface area (Å²) in [5.41, 5.74) is 6.46. The first kappa shape index (κ1) is 29.9. The van der Waals surface area contributed by atoms with Gasteiger partial charge in [-0.25, -0.2) is 4.98 Å². The third-order valence-electron chi connectivity index (χ3n) is 7.33. The van der Waals surface area contributed by atoms with Gasteiger partial charge in [0.2, 0.25) is 5.95 Å². The van der Waals surface area contributed by atoms with Crippen molar-refractivity contribution in [3.05, 3.63) is 70.7 Å². The highest BCUT2D eigenvalue weighted by molar-refractivity contribution is 5.99.